The molecule has 0 aromatic carbocycles. The number of nitrogens with zero attached hydrogens (tertiary/aromatic N) is 4. The maximum Gasteiger partial charge on any atom is 0.252 e. The van der Waals surface area contributed by atoms with Gasteiger partial charge in [0.15, 0.2) is 5.65 Å². The molecule has 3 rings (SSSR count). The van der Waals surface area contributed by atoms with Crippen molar-refractivity contribution in [2.24, 2.45) is 18.7 Å². The van der Waals surface area contributed by atoms with Gasteiger partial charge in [0.05, 0.1) is 22.6 Å². The van der Waals surface area contributed by atoms with Crippen molar-refractivity contribution < 1.29 is 9.59 Å². The van der Waals surface area contributed by atoms with Crippen LogP contribution in [-0.4, -0.2) is 57.7 Å². The molecule has 0 spiro atoms. The Bertz CT molecular complexity index is 859. The smallest absolute Gasteiger partial charge is 0.252 e. The fraction of sp³-hybridized carbons (Fsp3) is 0.579. The van der Waals surface area contributed by atoms with Crippen LogP contribution in [0.25, 0.3) is 11.0 Å². The van der Waals surface area contributed by atoms with Crippen LogP contribution in [0.5, 0.6) is 0 Å². The molecule has 2 aromatic rings. The van der Waals surface area contributed by atoms with E-state index in [0.29, 0.717) is 12.1 Å². The van der Waals surface area contributed by atoms with Crippen molar-refractivity contribution in [3.63, 3.8) is 0 Å². The van der Waals surface area contributed by atoms with E-state index >= 15 is 0 Å². The molecule has 0 radical (unpaired) electrons. The third kappa shape index (κ3) is 4.27. The molecule has 1 unspecified atom stereocenters. The molecule has 1 aliphatic heterocycles. The summed E-state index contributed by atoms with van der Waals surface area (Å²) >= 11 is 0. The number of piperidine rings is 1. The van der Waals surface area contributed by atoms with Gasteiger partial charge >= 0.3 is 0 Å². The molecule has 0 bridgehead atoms. The Balaban J connectivity index is 1.57. The van der Waals surface area contributed by atoms with E-state index in [1.807, 2.05) is 27.0 Å². The number of likely N-dealkylation sites (tertiary alicyclic amines) is 1. The van der Waals surface area contributed by atoms with Crippen LogP contribution in [-0.2, 0) is 11.8 Å². The molecule has 27 heavy (non-hydrogen) atoms. The predicted octanol–water partition coefficient (Wildman–Crippen LogP) is 0.902. The topological polar surface area (TPSA) is 106 Å². The second-order valence-corrected chi connectivity index (χ2v) is 7.37. The molecule has 146 valence electrons. The maximum absolute atomic E-state index is 12.7. The Kier molecular flexibility index (Phi) is 5.74. The Labute approximate surface area is 159 Å². The summed E-state index contributed by atoms with van der Waals surface area (Å²) in [4.78, 5) is 30.8. The summed E-state index contributed by atoms with van der Waals surface area (Å²) in [6.45, 7) is 6.91. The molecule has 3 heterocycles. The predicted molar refractivity (Wildman–Crippen MR) is 103 cm³/mol. The summed E-state index contributed by atoms with van der Waals surface area (Å²) in [7, 11) is 1.83. The van der Waals surface area contributed by atoms with Gasteiger partial charge in [-0.2, -0.15) is 5.10 Å². The monoisotopic (exact) mass is 372 g/mol. The highest BCUT2D eigenvalue weighted by molar-refractivity contribution is 6.06. The van der Waals surface area contributed by atoms with Crippen molar-refractivity contribution in [2.45, 2.75) is 33.1 Å². The largest absolute Gasteiger partial charge is 0.369 e. The lowest BCUT2D eigenvalue weighted by atomic mass is 9.97. The minimum atomic E-state index is -0.211. The van der Waals surface area contributed by atoms with Crippen LogP contribution in [0.4, 0.5) is 0 Å². The van der Waals surface area contributed by atoms with E-state index in [9.17, 15) is 9.59 Å². The number of rotatable bonds is 6. The van der Waals surface area contributed by atoms with Crippen molar-refractivity contribution in [3.8, 4) is 0 Å². The molecule has 1 saturated heterocycles. The van der Waals surface area contributed by atoms with E-state index in [4.69, 9.17) is 5.73 Å². The lowest BCUT2D eigenvalue weighted by Gasteiger charge is -2.31. The Morgan fingerprint density at radius 1 is 1.37 bits per heavy atom. The van der Waals surface area contributed by atoms with E-state index in [0.717, 1.165) is 61.3 Å². The molecule has 2 aromatic heterocycles. The summed E-state index contributed by atoms with van der Waals surface area (Å²) in [6.07, 6.45) is 2.70. The first-order valence-electron chi connectivity index (χ1n) is 9.47. The number of nitrogens with one attached hydrogen (secondary N) is 1. The van der Waals surface area contributed by atoms with Crippen molar-refractivity contribution >= 4 is 22.8 Å². The standard InChI is InChI=1S/C19H28N6O2/c1-12-10-15(16-13(2)23-24(3)18(16)22-12)19(27)21-7-5-9-25-8-4-6-14(11-25)17(20)26/h10,14H,4-9,11H2,1-3H3,(H2,20,26)(H,21,27). The van der Waals surface area contributed by atoms with Gasteiger partial charge in [-0.1, -0.05) is 0 Å². The average molecular weight is 372 g/mol. The quantitative estimate of drug-likeness (QED) is 0.733. The van der Waals surface area contributed by atoms with Gasteiger partial charge in [-0.3, -0.25) is 14.3 Å². The molecular weight excluding hydrogens is 344 g/mol. The molecule has 0 aliphatic carbocycles. The van der Waals surface area contributed by atoms with Gasteiger partial charge in [0.25, 0.3) is 5.91 Å². The molecule has 0 saturated carbocycles. The van der Waals surface area contributed by atoms with E-state index in [1.165, 1.54) is 0 Å². The van der Waals surface area contributed by atoms with E-state index < -0.39 is 0 Å². The minimum absolute atomic E-state index is 0.0463. The van der Waals surface area contributed by atoms with Crippen molar-refractivity contribution in [2.75, 3.05) is 26.2 Å². The summed E-state index contributed by atoms with van der Waals surface area (Å²) in [5.74, 6) is -0.359. The molecular formula is C19H28N6O2. The van der Waals surface area contributed by atoms with Crippen molar-refractivity contribution in [1.82, 2.24) is 25.0 Å². The Morgan fingerprint density at radius 2 is 2.15 bits per heavy atom. The number of nitrogens with two attached hydrogens (primary N) is 1. The second kappa shape index (κ2) is 8.04. The zero-order valence-electron chi connectivity index (χ0n) is 16.3. The molecule has 1 aliphatic rings. The normalized spacial score (nSPS) is 18.0. The molecule has 1 fully saturated rings. The first-order chi connectivity index (χ1) is 12.9. The fourth-order valence-corrected chi connectivity index (χ4v) is 3.84. The molecule has 3 N–H and O–H groups in total. The fourth-order valence-electron chi connectivity index (χ4n) is 3.84. The van der Waals surface area contributed by atoms with Gasteiger partial charge in [-0.15, -0.1) is 0 Å². The third-order valence-electron chi connectivity index (χ3n) is 5.19. The van der Waals surface area contributed by atoms with Crippen LogP contribution < -0.4 is 11.1 Å². The summed E-state index contributed by atoms with van der Waals surface area (Å²) in [6, 6.07) is 1.81. The number of aryl methyl sites for hydroxylation is 3. The molecule has 2 amide bonds. The lowest BCUT2D eigenvalue weighted by Crippen LogP contribution is -2.42. The molecule has 1 atom stereocenters. The first-order valence-corrected chi connectivity index (χ1v) is 9.47. The Hall–Kier alpha value is -2.48. The van der Waals surface area contributed by atoms with Crippen LogP contribution in [0.3, 0.4) is 0 Å². The zero-order chi connectivity index (χ0) is 19.6. The van der Waals surface area contributed by atoms with E-state index in [-0.39, 0.29) is 17.7 Å². The van der Waals surface area contributed by atoms with Crippen LogP contribution in [0.1, 0.15) is 41.0 Å². The highest BCUT2D eigenvalue weighted by Crippen LogP contribution is 2.21. The van der Waals surface area contributed by atoms with Crippen LogP contribution in [0, 0.1) is 19.8 Å². The lowest BCUT2D eigenvalue weighted by molar-refractivity contribution is -0.123. The second-order valence-electron chi connectivity index (χ2n) is 7.37. The van der Waals surface area contributed by atoms with Crippen LogP contribution in [0.15, 0.2) is 6.07 Å². The van der Waals surface area contributed by atoms with Crippen LogP contribution in [0.2, 0.25) is 0 Å². The number of carbonyl (C=O) groups excluding carboxylic acids is 2. The van der Waals surface area contributed by atoms with Gasteiger partial charge < -0.3 is 16.0 Å². The zero-order valence-corrected chi connectivity index (χ0v) is 16.3. The van der Waals surface area contributed by atoms with E-state index in [2.05, 4.69) is 20.3 Å². The number of amides is 2. The summed E-state index contributed by atoms with van der Waals surface area (Å²) in [5.41, 5.74) is 8.37. The number of aromatic nitrogens is 3. The molecule has 8 nitrogen and oxygen atoms in total. The highest BCUT2D eigenvalue weighted by atomic mass is 16.2. The highest BCUT2D eigenvalue weighted by Gasteiger charge is 2.23. The number of hydrogen-bond donors (Lipinski definition) is 2. The summed E-state index contributed by atoms with van der Waals surface area (Å²) in [5, 5.41) is 8.20. The van der Waals surface area contributed by atoms with Gasteiger partial charge in [-0.05, 0) is 52.3 Å². The van der Waals surface area contributed by atoms with Crippen molar-refractivity contribution in [1.29, 1.82) is 0 Å². The van der Waals surface area contributed by atoms with Crippen molar-refractivity contribution in [3.05, 3.63) is 23.0 Å². The average Bonchev–Trinajstić information content (AvgIpc) is 2.92. The third-order valence-corrected chi connectivity index (χ3v) is 5.19. The van der Waals surface area contributed by atoms with Gasteiger partial charge in [0.1, 0.15) is 0 Å². The SMILES string of the molecule is Cc1cc(C(=O)NCCCN2CCCC(C(N)=O)C2)c2c(C)nn(C)c2n1. The minimum Gasteiger partial charge on any atom is -0.369 e. The number of pyridine rings is 1. The number of primary amides is 1. The first kappa shape index (κ1) is 19.3. The van der Waals surface area contributed by atoms with Gasteiger partial charge in [-0.25, -0.2) is 4.98 Å². The number of fused-ring (bicyclic) bond motifs is 1. The molecule has 8 heteroatoms. The summed E-state index contributed by atoms with van der Waals surface area (Å²) < 4.78 is 1.71. The van der Waals surface area contributed by atoms with Gasteiger partial charge in [0, 0.05) is 25.8 Å². The van der Waals surface area contributed by atoms with Gasteiger partial charge in [0.2, 0.25) is 5.91 Å². The number of carbonyl (C=O) groups is 2. The van der Waals surface area contributed by atoms with Crippen LogP contribution >= 0.6 is 0 Å². The van der Waals surface area contributed by atoms with E-state index in [1.54, 1.807) is 4.68 Å². The Morgan fingerprint density at radius 3 is 2.89 bits per heavy atom. The maximum atomic E-state index is 12.7. The number of hydrogen-bond acceptors (Lipinski definition) is 5.